The van der Waals surface area contributed by atoms with E-state index in [1.807, 2.05) is 12.4 Å². The summed E-state index contributed by atoms with van der Waals surface area (Å²) in [5.41, 5.74) is 1.45. The first-order valence-electron chi connectivity index (χ1n) is 7.72. The van der Waals surface area contributed by atoms with Crippen LogP contribution in [0.15, 0.2) is 24.5 Å². The molecule has 0 radical (unpaired) electrons. The van der Waals surface area contributed by atoms with Gasteiger partial charge in [0.05, 0.1) is 6.10 Å². The summed E-state index contributed by atoms with van der Waals surface area (Å²) in [6.07, 6.45) is 7.59. The summed E-state index contributed by atoms with van der Waals surface area (Å²) in [7, 11) is 0. The highest BCUT2D eigenvalue weighted by Crippen LogP contribution is 2.28. The topological polar surface area (TPSA) is 37.4 Å². The van der Waals surface area contributed by atoms with E-state index in [0.29, 0.717) is 12.1 Å². The summed E-state index contributed by atoms with van der Waals surface area (Å²) in [6.45, 7) is 7.62. The minimum Gasteiger partial charge on any atom is -0.377 e. The van der Waals surface area contributed by atoms with Gasteiger partial charge >= 0.3 is 0 Å². The number of aromatic nitrogens is 1. The molecule has 2 fully saturated rings. The van der Waals surface area contributed by atoms with Crippen LogP contribution in [0.25, 0.3) is 0 Å². The summed E-state index contributed by atoms with van der Waals surface area (Å²) >= 11 is 0. The molecular weight excluding hydrogens is 250 g/mol. The maximum absolute atomic E-state index is 5.72. The Hall–Kier alpha value is -1.13. The van der Waals surface area contributed by atoms with Crippen molar-refractivity contribution in [2.45, 2.75) is 50.8 Å². The molecule has 0 amide bonds. The molecule has 1 aromatic heterocycles. The van der Waals surface area contributed by atoms with Crippen molar-refractivity contribution in [2.24, 2.45) is 0 Å². The zero-order chi connectivity index (χ0) is 14.0. The monoisotopic (exact) mass is 275 g/mol. The molecule has 2 saturated heterocycles. The van der Waals surface area contributed by atoms with E-state index < -0.39 is 0 Å². The minimum absolute atomic E-state index is 0.156. The maximum atomic E-state index is 5.72. The second-order valence-corrected chi connectivity index (χ2v) is 6.29. The van der Waals surface area contributed by atoms with Gasteiger partial charge in [0.15, 0.2) is 0 Å². The van der Waals surface area contributed by atoms with Crippen LogP contribution in [0, 0.1) is 0 Å². The number of nitrogens with zero attached hydrogens (tertiary/aromatic N) is 2. The van der Waals surface area contributed by atoms with E-state index in [1.165, 1.54) is 18.5 Å². The van der Waals surface area contributed by atoms with Gasteiger partial charge in [0.1, 0.15) is 0 Å². The molecule has 3 heterocycles. The Bertz CT molecular complexity index is 431. The highest BCUT2D eigenvalue weighted by atomic mass is 16.5. The molecule has 2 unspecified atom stereocenters. The van der Waals surface area contributed by atoms with E-state index in [-0.39, 0.29) is 5.54 Å². The second-order valence-electron chi connectivity index (χ2n) is 6.29. The zero-order valence-corrected chi connectivity index (χ0v) is 12.5. The molecular formula is C16H25N3O. The van der Waals surface area contributed by atoms with Gasteiger partial charge in [-0.25, -0.2) is 0 Å². The van der Waals surface area contributed by atoms with Crippen molar-refractivity contribution in [3.05, 3.63) is 24.5 Å². The molecule has 2 aliphatic heterocycles. The lowest BCUT2D eigenvalue weighted by molar-refractivity contribution is 0.0825. The van der Waals surface area contributed by atoms with Crippen molar-refractivity contribution in [2.75, 3.05) is 24.6 Å². The lowest BCUT2D eigenvalue weighted by Gasteiger charge is -2.39. The number of hydrogen-bond donors (Lipinski definition) is 1. The Morgan fingerprint density at radius 3 is 2.60 bits per heavy atom. The van der Waals surface area contributed by atoms with Crippen LogP contribution in [0.5, 0.6) is 0 Å². The van der Waals surface area contributed by atoms with Gasteiger partial charge in [-0.2, -0.15) is 0 Å². The minimum atomic E-state index is 0.156. The van der Waals surface area contributed by atoms with E-state index >= 15 is 0 Å². The molecule has 2 aliphatic rings. The molecule has 3 rings (SSSR count). The summed E-state index contributed by atoms with van der Waals surface area (Å²) in [4.78, 5) is 6.54. The average Bonchev–Trinajstić information content (AvgIpc) is 2.80. The van der Waals surface area contributed by atoms with Crippen LogP contribution in [0.2, 0.25) is 0 Å². The highest BCUT2D eigenvalue weighted by molar-refractivity contribution is 5.44. The summed E-state index contributed by atoms with van der Waals surface area (Å²) in [5.74, 6) is 0. The molecule has 20 heavy (non-hydrogen) atoms. The van der Waals surface area contributed by atoms with Crippen molar-refractivity contribution >= 4 is 5.69 Å². The third-order valence-corrected chi connectivity index (χ3v) is 4.94. The van der Waals surface area contributed by atoms with Gasteiger partial charge in [-0.1, -0.05) is 0 Å². The van der Waals surface area contributed by atoms with Gasteiger partial charge < -0.3 is 15.0 Å². The first-order valence-corrected chi connectivity index (χ1v) is 7.72. The Kier molecular flexibility index (Phi) is 3.94. The number of ether oxygens (including phenoxy) is 1. The second kappa shape index (κ2) is 5.70. The van der Waals surface area contributed by atoms with Gasteiger partial charge in [-0.05, 0) is 45.2 Å². The van der Waals surface area contributed by atoms with Crippen LogP contribution >= 0.6 is 0 Å². The number of rotatable bonds is 3. The number of anilines is 1. The van der Waals surface area contributed by atoms with E-state index in [2.05, 4.69) is 41.2 Å². The Labute approximate surface area is 121 Å². The number of hydrogen-bond acceptors (Lipinski definition) is 4. The molecule has 1 aromatic rings. The SMILES string of the molecule is CC1OCCC1(C)NC1CCN(c2ccncc2)CC1. The summed E-state index contributed by atoms with van der Waals surface area (Å²) in [6, 6.07) is 4.81. The fourth-order valence-corrected chi connectivity index (χ4v) is 3.33. The van der Waals surface area contributed by atoms with E-state index in [9.17, 15) is 0 Å². The smallest absolute Gasteiger partial charge is 0.0726 e. The number of pyridine rings is 1. The van der Waals surface area contributed by atoms with Crippen LogP contribution in [0.1, 0.15) is 33.1 Å². The lowest BCUT2D eigenvalue weighted by Crippen LogP contribution is -2.55. The van der Waals surface area contributed by atoms with Crippen molar-refractivity contribution in [3.8, 4) is 0 Å². The first kappa shape index (κ1) is 13.8. The Balaban J connectivity index is 1.54. The molecule has 2 atom stereocenters. The fraction of sp³-hybridized carbons (Fsp3) is 0.688. The first-order chi connectivity index (χ1) is 9.67. The molecule has 1 N–H and O–H groups in total. The van der Waals surface area contributed by atoms with Gasteiger partial charge in [0.25, 0.3) is 0 Å². The van der Waals surface area contributed by atoms with Gasteiger partial charge in [0.2, 0.25) is 0 Å². The maximum Gasteiger partial charge on any atom is 0.0726 e. The van der Waals surface area contributed by atoms with Gasteiger partial charge in [-0.15, -0.1) is 0 Å². The van der Waals surface area contributed by atoms with Gasteiger partial charge in [-0.3, -0.25) is 4.98 Å². The van der Waals surface area contributed by atoms with Crippen molar-refractivity contribution in [1.82, 2.24) is 10.3 Å². The van der Waals surface area contributed by atoms with Crippen molar-refractivity contribution < 1.29 is 4.74 Å². The Morgan fingerprint density at radius 2 is 2.00 bits per heavy atom. The van der Waals surface area contributed by atoms with Crippen LogP contribution in [0.4, 0.5) is 5.69 Å². The average molecular weight is 275 g/mol. The predicted octanol–water partition coefficient (Wildman–Crippen LogP) is 2.21. The van der Waals surface area contributed by atoms with Crippen LogP contribution in [-0.4, -0.2) is 42.4 Å². The molecule has 0 spiro atoms. The molecule has 0 saturated carbocycles. The van der Waals surface area contributed by atoms with E-state index in [0.717, 1.165) is 26.1 Å². The molecule has 4 heteroatoms. The zero-order valence-electron chi connectivity index (χ0n) is 12.5. The molecule has 0 aliphatic carbocycles. The highest BCUT2D eigenvalue weighted by Gasteiger charge is 2.38. The molecule has 0 aromatic carbocycles. The summed E-state index contributed by atoms with van der Waals surface area (Å²) in [5, 5.41) is 3.85. The largest absolute Gasteiger partial charge is 0.377 e. The van der Waals surface area contributed by atoms with E-state index in [4.69, 9.17) is 4.74 Å². The molecule has 0 bridgehead atoms. The third kappa shape index (κ3) is 2.81. The van der Waals surface area contributed by atoms with Crippen LogP contribution in [0.3, 0.4) is 0 Å². The van der Waals surface area contributed by atoms with Crippen LogP contribution < -0.4 is 10.2 Å². The third-order valence-electron chi connectivity index (χ3n) is 4.94. The van der Waals surface area contributed by atoms with E-state index in [1.54, 1.807) is 0 Å². The standard InChI is InChI=1S/C16H25N3O/c1-13-16(2,7-12-20-13)18-14-5-10-19(11-6-14)15-3-8-17-9-4-15/h3-4,8-9,13-14,18H,5-7,10-12H2,1-2H3. The Morgan fingerprint density at radius 1 is 1.30 bits per heavy atom. The fourth-order valence-electron chi connectivity index (χ4n) is 3.33. The number of nitrogens with one attached hydrogen (secondary N) is 1. The molecule has 4 nitrogen and oxygen atoms in total. The van der Waals surface area contributed by atoms with Crippen molar-refractivity contribution in [1.29, 1.82) is 0 Å². The predicted molar refractivity (Wildman–Crippen MR) is 81.0 cm³/mol. The number of piperidine rings is 1. The quantitative estimate of drug-likeness (QED) is 0.918. The summed E-state index contributed by atoms with van der Waals surface area (Å²) < 4.78 is 5.72. The van der Waals surface area contributed by atoms with Gasteiger partial charge in [0, 0.05) is 49.4 Å². The molecule has 110 valence electrons. The lowest BCUT2D eigenvalue weighted by atomic mass is 9.91. The van der Waals surface area contributed by atoms with Crippen LogP contribution in [-0.2, 0) is 4.74 Å². The normalized spacial score (nSPS) is 31.7. The van der Waals surface area contributed by atoms with Crippen molar-refractivity contribution in [3.63, 3.8) is 0 Å².